The van der Waals surface area contributed by atoms with Crippen LogP contribution in [0.3, 0.4) is 0 Å². The molecule has 0 bridgehead atoms. The second-order valence-corrected chi connectivity index (χ2v) is 10.6. The number of rotatable bonds is 6. The Morgan fingerprint density at radius 2 is 1.73 bits per heavy atom. The first-order chi connectivity index (χ1) is 15.3. The minimum absolute atomic E-state index is 0.0684. The molecule has 2 N–H and O–H groups in total. The van der Waals surface area contributed by atoms with Crippen molar-refractivity contribution in [2.24, 2.45) is 15.2 Å². The van der Waals surface area contributed by atoms with Crippen molar-refractivity contribution in [1.82, 2.24) is 10.2 Å². The third-order valence-electron chi connectivity index (χ3n) is 6.29. The topological polar surface area (TPSA) is 72.6 Å². The van der Waals surface area contributed by atoms with Crippen LogP contribution in [0.4, 0.5) is 0 Å². The molecule has 0 saturated carbocycles. The molecule has 0 unspecified atom stereocenters. The SMILES string of the molecule is CC/C(=N\N=C(/C)N(C)C1CC(C)(C)NC(C)(C)C1)c1ccc(C(C=NC)=C(C)C)cc1O. The van der Waals surface area contributed by atoms with Gasteiger partial charge in [0, 0.05) is 43.0 Å². The molecule has 0 aliphatic carbocycles. The fourth-order valence-electron chi connectivity index (χ4n) is 4.89. The minimum atomic E-state index is 0.0684. The van der Waals surface area contributed by atoms with Gasteiger partial charge in [0.2, 0.25) is 0 Å². The number of hydrogen-bond acceptors (Lipinski definition) is 5. The van der Waals surface area contributed by atoms with Crippen LogP contribution in [-0.4, -0.2) is 59.0 Å². The van der Waals surface area contributed by atoms with Crippen LogP contribution >= 0.6 is 0 Å². The van der Waals surface area contributed by atoms with Crippen LogP contribution in [-0.2, 0) is 0 Å². The molecule has 0 aromatic heterocycles. The fraction of sp³-hybridized carbons (Fsp3) is 0.593. The summed E-state index contributed by atoms with van der Waals surface area (Å²) >= 11 is 0. The Bertz CT molecular complexity index is 949. The number of amidine groups is 1. The Balaban J connectivity index is 2.30. The van der Waals surface area contributed by atoms with Crippen molar-refractivity contribution in [2.45, 2.75) is 91.8 Å². The Kier molecular flexibility index (Phi) is 8.63. The maximum Gasteiger partial charge on any atom is 0.125 e. The Hall–Kier alpha value is -2.47. The Morgan fingerprint density at radius 3 is 2.21 bits per heavy atom. The number of nitrogens with zero attached hydrogens (tertiary/aromatic N) is 4. The molecule has 33 heavy (non-hydrogen) atoms. The zero-order valence-corrected chi connectivity index (χ0v) is 22.2. The Morgan fingerprint density at radius 1 is 1.12 bits per heavy atom. The van der Waals surface area contributed by atoms with Crippen LogP contribution in [0.15, 0.2) is 39.0 Å². The lowest BCUT2D eigenvalue weighted by atomic mass is 9.79. The highest BCUT2D eigenvalue weighted by Gasteiger charge is 2.39. The molecule has 6 heteroatoms. The van der Waals surface area contributed by atoms with E-state index in [-0.39, 0.29) is 16.8 Å². The predicted octanol–water partition coefficient (Wildman–Crippen LogP) is 5.66. The van der Waals surface area contributed by atoms with E-state index in [0.717, 1.165) is 41.1 Å². The van der Waals surface area contributed by atoms with Crippen LogP contribution in [0.1, 0.15) is 85.8 Å². The molecular formula is C27H43N5O. The predicted molar refractivity (Wildman–Crippen MR) is 143 cm³/mol. The lowest BCUT2D eigenvalue weighted by molar-refractivity contribution is 0.113. The summed E-state index contributed by atoms with van der Waals surface area (Å²) in [4.78, 5) is 6.39. The highest BCUT2D eigenvalue weighted by atomic mass is 16.3. The smallest absolute Gasteiger partial charge is 0.125 e. The summed E-state index contributed by atoms with van der Waals surface area (Å²) in [6, 6.07) is 6.10. The van der Waals surface area contributed by atoms with E-state index in [2.05, 4.69) is 60.2 Å². The molecule has 182 valence electrons. The van der Waals surface area contributed by atoms with E-state index in [0.29, 0.717) is 18.0 Å². The number of aromatic hydroxyl groups is 1. The second-order valence-electron chi connectivity index (χ2n) is 10.6. The van der Waals surface area contributed by atoms with Crippen molar-refractivity contribution in [2.75, 3.05) is 14.1 Å². The van der Waals surface area contributed by atoms with Gasteiger partial charge in [-0.1, -0.05) is 18.6 Å². The molecule has 1 aromatic carbocycles. The van der Waals surface area contributed by atoms with Crippen molar-refractivity contribution >= 4 is 23.3 Å². The maximum atomic E-state index is 10.8. The Labute approximate surface area is 200 Å². The zero-order valence-electron chi connectivity index (χ0n) is 22.2. The fourth-order valence-corrected chi connectivity index (χ4v) is 4.89. The largest absolute Gasteiger partial charge is 0.507 e. The van der Waals surface area contributed by atoms with Gasteiger partial charge in [0.1, 0.15) is 11.6 Å². The average molecular weight is 454 g/mol. The van der Waals surface area contributed by atoms with E-state index in [9.17, 15) is 5.11 Å². The molecule has 1 aliphatic heterocycles. The average Bonchev–Trinajstić information content (AvgIpc) is 2.70. The van der Waals surface area contributed by atoms with Crippen LogP contribution in [0, 0.1) is 0 Å². The third-order valence-corrected chi connectivity index (χ3v) is 6.29. The number of benzene rings is 1. The molecule has 0 radical (unpaired) electrons. The van der Waals surface area contributed by atoms with E-state index in [1.54, 1.807) is 13.1 Å². The van der Waals surface area contributed by atoms with E-state index < -0.39 is 0 Å². The second kappa shape index (κ2) is 10.6. The van der Waals surface area contributed by atoms with Crippen molar-refractivity contribution in [3.05, 3.63) is 34.9 Å². The van der Waals surface area contributed by atoms with Gasteiger partial charge < -0.3 is 15.3 Å². The van der Waals surface area contributed by atoms with Gasteiger partial charge >= 0.3 is 0 Å². The van der Waals surface area contributed by atoms with Gasteiger partial charge in [-0.3, -0.25) is 4.99 Å². The molecule has 1 aromatic rings. The van der Waals surface area contributed by atoms with Crippen molar-refractivity contribution < 1.29 is 5.11 Å². The molecule has 1 fully saturated rings. The molecule has 1 aliphatic rings. The van der Waals surface area contributed by atoms with Gasteiger partial charge in [0.15, 0.2) is 0 Å². The van der Waals surface area contributed by atoms with Gasteiger partial charge in [0.05, 0.1) is 5.71 Å². The monoisotopic (exact) mass is 453 g/mol. The van der Waals surface area contributed by atoms with Crippen LogP contribution < -0.4 is 5.32 Å². The number of phenols is 1. The van der Waals surface area contributed by atoms with Gasteiger partial charge in [0.25, 0.3) is 0 Å². The summed E-state index contributed by atoms with van der Waals surface area (Å²) in [5, 5.41) is 23.6. The zero-order chi connectivity index (χ0) is 25.0. The molecular weight excluding hydrogens is 410 g/mol. The molecule has 6 nitrogen and oxygen atoms in total. The lowest BCUT2D eigenvalue weighted by Crippen LogP contribution is -2.62. The standard InChI is InChI=1S/C27H43N5O/c1-11-24(22-13-12-20(14-25(22)33)23(17-28-9)18(2)3)30-29-19(4)32(10)21-15-26(5,6)31-27(7,8)16-21/h12-14,17,21,31,33H,11,15-16H2,1-10H3/b28-17?,29-19+,30-24+. The molecule has 2 rings (SSSR count). The number of hydrogen-bond donors (Lipinski definition) is 2. The number of aliphatic imine (C=N–C) groups is 1. The summed E-state index contributed by atoms with van der Waals surface area (Å²) < 4.78 is 0. The first kappa shape index (κ1) is 26.8. The number of nitrogens with one attached hydrogen (secondary N) is 1. The molecule has 0 atom stereocenters. The highest BCUT2D eigenvalue weighted by Crippen LogP contribution is 2.31. The molecule has 0 amide bonds. The summed E-state index contributed by atoms with van der Waals surface area (Å²) in [7, 11) is 3.85. The first-order valence-electron chi connectivity index (χ1n) is 11.9. The van der Waals surface area contributed by atoms with E-state index in [4.69, 9.17) is 0 Å². The molecule has 0 spiro atoms. The molecule has 1 heterocycles. The minimum Gasteiger partial charge on any atom is -0.507 e. The van der Waals surface area contributed by atoms with Crippen LogP contribution in [0.25, 0.3) is 5.57 Å². The van der Waals surface area contributed by atoms with Gasteiger partial charge in [-0.05, 0) is 91.0 Å². The summed E-state index contributed by atoms with van der Waals surface area (Å²) in [6.45, 7) is 17.2. The third kappa shape index (κ3) is 7.00. The summed E-state index contributed by atoms with van der Waals surface area (Å²) in [5.74, 6) is 1.08. The highest BCUT2D eigenvalue weighted by molar-refractivity contribution is 6.11. The van der Waals surface area contributed by atoms with Crippen LogP contribution in [0.5, 0.6) is 5.75 Å². The van der Waals surface area contributed by atoms with Gasteiger partial charge in [-0.2, -0.15) is 5.10 Å². The van der Waals surface area contributed by atoms with Crippen LogP contribution in [0.2, 0.25) is 0 Å². The van der Waals surface area contributed by atoms with Crippen molar-refractivity contribution in [3.63, 3.8) is 0 Å². The summed E-state index contributed by atoms with van der Waals surface area (Å²) in [5.41, 5.74) is 4.71. The quantitative estimate of drug-likeness (QED) is 0.332. The maximum absolute atomic E-state index is 10.8. The van der Waals surface area contributed by atoms with E-state index in [1.165, 1.54) is 0 Å². The van der Waals surface area contributed by atoms with Gasteiger partial charge in [-0.25, -0.2) is 0 Å². The normalized spacial score (nSPS) is 19.1. The number of allylic oxidation sites excluding steroid dienone is 2. The number of phenolic OH excluding ortho intramolecular Hbond substituents is 1. The van der Waals surface area contributed by atoms with Gasteiger partial charge in [-0.15, -0.1) is 5.10 Å². The molecule has 1 saturated heterocycles. The first-order valence-corrected chi connectivity index (χ1v) is 11.9. The van der Waals surface area contributed by atoms with Crippen molar-refractivity contribution in [3.8, 4) is 5.75 Å². The van der Waals surface area contributed by atoms with Crippen molar-refractivity contribution in [1.29, 1.82) is 0 Å². The van der Waals surface area contributed by atoms with E-state index >= 15 is 0 Å². The van der Waals surface area contributed by atoms with E-state index in [1.807, 2.05) is 46.0 Å². The lowest BCUT2D eigenvalue weighted by Gasteiger charge is -2.49. The summed E-state index contributed by atoms with van der Waals surface area (Å²) in [6.07, 6.45) is 4.58. The number of piperidine rings is 1.